The maximum Gasteiger partial charge on any atom is 0.236 e. The first-order valence-electron chi connectivity index (χ1n) is 9.08. The van der Waals surface area contributed by atoms with Crippen molar-refractivity contribution in [1.82, 2.24) is 14.7 Å². The lowest BCUT2D eigenvalue weighted by Crippen LogP contribution is -2.52. The van der Waals surface area contributed by atoms with E-state index in [4.69, 9.17) is 5.73 Å². The average molecular weight is 397 g/mol. The molecule has 0 aromatic carbocycles. The molecule has 2 aliphatic rings. The Hall–Kier alpha value is -0.560. The molecule has 0 aromatic heterocycles. The van der Waals surface area contributed by atoms with Crippen molar-refractivity contribution in [2.24, 2.45) is 11.7 Å². The van der Waals surface area contributed by atoms with Crippen LogP contribution < -0.4 is 5.73 Å². The van der Waals surface area contributed by atoms with Crippen molar-refractivity contribution in [1.29, 1.82) is 0 Å². The third-order valence-corrected chi connectivity index (χ3v) is 5.35. The Morgan fingerprint density at radius 3 is 2.12 bits per heavy atom. The van der Waals surface area contributed by atoms with Crippen molar-refractivity contribution in [2.75, 3.05) is 45.8 Å². The fourth-order valence-electron chi connectivity index (χ4n) is 3.70. The summed E-state index contributed by atoms with van der Waals surface area (Å²) in [6, 6.07) is 0.201. The van der Waals surface area contributed by atoms with Gasteiger partial charge in [-0.3, -0.25) is 14.5 Å². The number of piperazine rings is 1. The summed E-state index contributed by atoms with van der Waals surface area (Å²) in [5.74, 6) is 0.790. The SMILES string of the molecule is CCN(CC)C(=O)CN1CCN(C(=O)C[C@@H]2CCC[C@H]2N)CC1.Cl.Cl. The Morgan fingerprint density at radius 2 is 1.64 bits per heavy atom. The van der Waals surface area contributed by atoms with Gasteiger partial charge in [-0.05, 0) is 32.6 Å². The number of likely N-dealkylation sites (N-methyl/N-ethyl adjacent to an activating group) is 1. The number of hydrogen-bond acceptors (Lipinski definition) is 4. The molecule has 0 unspecified atom stereocenters. The highest BCUT2D eigenvalue weighted by Crippen LogP contribution is 2.27. The van der Waals surface area contributed by atoms with Gasteiger partial charge in [0.05, 0.1) is 6.54 Å². The smallest absolute Gasteiger partial charge is 0.236 e. The minimum absolute atomic E-state index is 0. The molecule has 1 saturated carbocycles. The second-order valence-corrected chi connectivity index (χ2v) is 6.78. The lowest BCUT2D eigenvalue weighted by Gasteiger charge is -2.35. The van der Waals surface area contributed by atoms with Crippen LogP contribution in [0, 0.1) is 5.92 Å². The second-order valence-electron chi connectivity index (χ2n) is 6.78. The van der Waals surface area contributed by atoms with Crippen molar-refractivity contribution < 1.29 is 9.59 Å². The van der Waals surface area contributed by atoms with Crippen LogP contribution >= 0.6 is 24.8 Å². The Balaban J connectivity index is 0.00000288. The highest BCUT2D eigenvalue weighted by atomic mass is 35.5. The Kier molecular flexibility index (Phi) is 11.7. The number of carbonyl (C=O) groups is 2. The Morgan fingerprint density at radius 1 is 1.04 bits per heavy atom. The molecule has 2 atom stereocenters. The minimum atomic E-state index is 0. The molecular formula is C17H34Cl2N4O2. The van der Waals surface area contributed by atoms with Gasteiger partial charge in [0.1, 0.15) is 0 Å². The molecule has 1 saturated heterocycles. The Labute approximate surface area is 164 Å². The largest absolute Gasteiger partial charge is 0.342 e. The van der Waals surface area contributed by atoms with E-state index in [0.717, 1.165) is 58.5 Å². The van der Waals surface area contributed by atoms with Crippen LogP contribution in [0.15, 0.2) is 0 Å². The summed E-state index contributed by atoms with van der Waals surface area (Å²) >= 11 is 0. The predicted octanol–water partition coefficient (Wildman–Crippen LogP) is 1.36. The number of rotatable bonds is 6. The zero-order valence-corrected chi connectivity index (χ0v) is 17.1. The van der Waals surface area contributed by atoms with Gasteiger partial charge in [0.25, 0.3) is 0 Å². The quantitative estimate of drug-likeness (QED) is 0.735. The molecular weight excluding hydrogens is 363 g/mol. The van der Waals surface area contributed by atoms with Crippen molar-refractivity contribution in [3.8, 4) is 0 Å². The van der Waals surface area contributed by atoms with Gasteiger partial charge in [0.15, 0.2) is 0 Å². The first-order valence-corrected chi connectivity index (χ1v) is 9.08. The van der Waals surface area contributed by atoms with Gasteiger partial charge in [0.2, 0.25) is 11.8 Å². The van der Waals surface area contributed by atoms with Crippen LogP contribution in [0.5, 0.6) is 0 Å². The van der Waals surface area contributed by atoms with Gasteiger partial charge in [-0.15, -0.1) is 24.8 Å². The molecule has 1 aliphatic heterocycles. The molecule has 1 aliphatic carbocycles. The molecule has 0 aromatic rings. The van der Waals surface area contributed by atoms with E-state index in [9.17, 15) is 9.59 Å². The van der Waals surface area contributed by atoms with Crippen molar-refractivity contribution in [3.63, 3.8) is 0 Å². The first kappa shape index (κ1) is 24.4. The topological polar surface area (TPSA) is 69.9 Å². The van der Waals surface area contributed by atoms with Crippen LogP contribution in [-0.2, 0) is 9.59 Å². The minimum Gasteiger partial charge on any atom is -0.342 e. The van der Waals surface area contributed by atoms with Gasteiger partial charge in [-0.25, -0.2) is 0 Å². The van der Waals surface area contributed by atoms with E-state index in [1.54, 1.807) is 0 Å². The van der Waals surface area contributed by atoms with Gasteiger partial charge < -0.3 is 15.5 Å². The summed E-state index contributed by atoms with van der Waals surface area (Å²) in [6.07, 6.45) is 3.89. The van der Waals surface area contributed by atoms with Crippen LogP contribution in [0.3, 0.4) is 0 Å². The summed E-state index contributed by atoms with van der Waals surface area (Å²) < 4.78 is 0. The van der Waals surface area contributed by atoms with E-state index in [1.165, 1.54) is 0 Å². The lowest BCUT2D eigenvalue weighted by atomic mass is 9.99. The zero-order valence-electron chi connectivity index (χ0n) is 15.5. The van der Waals surface area contributed by atoms with Crippen LogP contribution in [-0.4, -0.2) is 78.4 Å². The van der Waals surface area contributed by atoms with Gasteiger partial charge in [0, 0.05) is 51.7 Å². The molecule has 0 spiro atoms. The highest BCUT2D eigenvalue weighted by Gasteiger charge is 2.29. The molecule has 1 heterocycles. The second kappa shape index (κ2) is 11.9. The van der Waals surface area contributed by atoms with E-state index in [0.29, 0.717) is 18.9 Å². The number of halogens is 2. The maximum absolute atomic E-state index is 12.4. The van der Waals surface area contributed by atoms with Crippen LogP contribution in [0.25, 0.3) is 0 Å². The number of nitrogens with two attached hydrogens (primary N) is 1. The zero-order chi connectivity index (χ0) is 16.8. The van der Waals surface area contributed by atoms with Crippen molar-refractivity contribution in [2.45, 2.75) is 45.6 Å². The van der Waals surface area contributed by atoms with Gasteiger partial charge >= 0.3 is 0 Å². The summed E-state index contributed by atoms with van der Waals surface area (Å²) in [7, 11) is 0. The fourth-order valence-corrected chi connectivity index (χ4v) is 3.70. The van der Waals surface area contributed by atoms with Crippen molar-refractivity contribution >= 4 is 36.6 Å². The van der Waals surface area contributed by atoms with Crippen molar-refractivity contribution in [3.05, 3.63) is 0 Å². The lowest BCUT2D eigenvalue weighted by molar-refractivity contribution is -0.135. The molecule has 2 N–H and O–H groups in total. The summed E-state index contributed by atoms with van der Waals surface area (Å²) in [6.45, 7) is 9.03. The average Bonchev–Trinajstić information content (AvgIpc) is 2.94. The van der Waals surface area contributed by atoms with E-state index in [-0.39, 0.29) is 42.7 Å². The first-order chi connectivity index (χ1) is 11.0. The number of nitrogens with zero attached hydrogens (tertiary/aromatic N) is 3. The molecule has 2 amide bonds. The molecule has 8 heteroatoms. The van der Waals surface area contributed by atoms with Gasteiger partial charge in [-0.1, -0.05) is 6.42 Å². The van der Waals surface area contributed by atoms with E-state index in [2.05, 4.69) is 4.90 Å². The van der Waals surface area contributed by atoms with E-state index in [1.807, 2.05) is 23.6 Å². The van der Waals surface area contributed by atoms with Crippen LogP contribution in [0.2, 0.25) is 0 Å². The molecule has 2 fully saturated rings. The summed E-state index contributed by atoms with van der Waals surface area (Å²) in [4.78, 5) is 30.5. The van der Waals surface area contributed by atoms with E-state index >= 15 is 0 Å². The monoisotopic (exact) mass is 396 g/mol. The van der Waals surface area contributed by atoms with E-state index < -0.39 is 0 Å². The van der Waals surface area contributed by atoms with Crippen LogP contribution in [0.1, 0.15) is 39.5 Å². The summed E-state index contributed by atoms with van der Waals surface area (Å²) in [5, 5.41) is 0. The van der Waals surface area contributed by atoms with Gasteiger partial charge in [-0.2, -0.15) is 0 Å². The third kappa shape index (κ3) is 6.93. The summed E-state index contributed by atoms with van der Waals surface area (Å²) in [5.41, 5.74) is 6.07. The number of amides is 2. The Bertz CT molecular complexity index is 413. The molecule has 2 rings (SSSR count). The predicted molar refractivity (Wildman–Crippen MR) is 105 cm³/mol. The molecule has 0 radical (unpaired) electrons. The fraction of sp³-hybridized carbons (Fsp3) is 0.882. The third-order valence-electron chi connectivity index (χ3n) is 5.35. The molecule has 25 heavy (non-hydrogen) atoms. The normalized spacial score (nSPS) is 23.6. The molecule has 148 valence electrons. The number of hydrogen-bond donors (Lipinski definition) is 1. The standard InChI is InChI=1S/C17H32N4O2.2ClH/c1-3-20(4-2)17(23)13-19-8-10-21(11-9-19)16(22)12-14-6-5-7-15(14)18;;/h14-15H,3-13,18H2,1-2H3;2*1H/t14-,15+;;/m0../s1. The molecule has 0 bridgehead atoms. The maximum atomic E-state index is 12.4. The number of carbonyl (C=O) groups excluding carboxylic acids is 2. The highest BCUT2D eigenvalue weighted by molar-refractivity contribution is 5.85. The molecule has 6 nitrogen and oxygen atoms in total. The van der Waals surface area contributed by atoms with Crippen LogP contribution in [0.4, 0.5) is 0 Å².